The van der Waals surface area contributed by atoms with Crippen LogP contribution in [0.1, 0.15) is 42.8 Å². The first kappa shape index (κ1) is 10.1. The van der Waals surface area contributed by atoms with Crippen molar-refractivity contribution in [1.82, 2.24) is 4.98 Å². The van der Waals surface area contributed by atoms with Crippen molar-refractivity contribution in [3.63, 3.8) is 0 Å². The summed E-state index contributed by atoms with van der Waals surface area (Å²) in [5.74, 6) is 1.34. The molecule has 1 saturated carbocycles. The number of nitrogens with zero attached hydrogens (tertiary/aromatic N) is 1. The molecular formula is C11H18N2S. The third-order valence-electron chi connectivity index (χ3n) is 3.02. The van der Waals surface area contributed by atoms with Gasteiger partial charge >= 0.3 is 0 Å². The molecule has 2 rings (SSSR count). The van der Waals surface area contributed by atoms with Gasteiger partial charge in [0.05, 0.1) is 10.7 Å². The highest BCUT2D eigenvalue weighted by Gasteiger charge is 2.22. The fourth-order valence-corrected chi connectivity index (χ4v) is 2.73. The van der Waals surface area contributed by atoms with Gasteiger partial charge in [-0.25, -0.2) is 4.98 Å². The summed E-state index contributed by atoms with van der Waals surface area (Å²) in [6.45, 7) is 2.95. The Morgan fingerprint density at radius 2 is 2.43 bits per heavy atom. The lowest BCUT2D eigenvalue weighted by molar-refractivity contribution is 0.411. The van der Waals surface area contributed by atoms with Gasteiger partial charge in [-0.2, -0.15) is 0 Å². The van der Waals surface area contributed by atoms with E-state index in [2.05, 4.69) is 17.3 Å². The fourth-order valence-electron chi connectivity index (χ4n) is 1.69. The van der Waals surface area contributed by atoms with E-state index in [1.807, 2.05) is 0 Å². The summed E-state index contributed by atoms with van der Waals surface area (Å²) in [5, 5.41) is 3.51. The lowest BCUT2D eigenvalue weighted by atomic mass is 9.83. The number of thiazole rings is 1. The highest BCUT2D eigenvalue weighted by molar-refractivity contribution is 7.09. The number of rotatable bonds is 4. The van der Waals surface area contributed by atoms with Gasteiger partial charge in [-0.05, 0) is 25.3 Å². The van der Waals surface area contributed by atoms with E-state index in [-0.39, 0.29) is 0 Å². The van der Waals surface area contributed by atoms with Gasteiger partial charge < -0.3 is 5.73 Å². The van der Waals surface area contributed by atoms with Gasteiger partial charge in [0.15, 0.2) is 0 Å². The maximum absolute atomic E-state index is 5.60. The Hall–Kier alpha value is -0.410. The van der Waals surface area contributed by atoms with Crippen LogP contribution in [-0.4, -0.2) is 11.5 Å². The summed E-state index contributed by atoms with van der Waals surface area (Å²) in [4.78, 5) is 4.68. The average Bonchev–Trinajstić information content (AvgIpc) is 2.50. The maximum atomic E-state index is 5.60. The minimum atomic E-state index is 0.565. The van der Waals surface area contributed by atoms with Crippen molar-refractivity contribution in [1.29, 1.82) is 0 Å². The molecule has 0 aliphatic heterocycles. The number of hydrogen-bond acceptors (Lipinski definition) is 3. The first-order valence-corrected chi connectivity index (χ1v) is 6.32. The average molecular weight is 210 g/mol. The van der Waals surface area contributed by atoms with Gasteiger partial charge in [-0.3, -0.25) is 0 Å². The second-order valence-electron chi connectivity index (χ2n) is 4.34. The normalized spacial score (nSPS) is 19.3. The van der Waals surface area contributed by atoms with Crippen molar-refractivity contribution in [2.75, 3.05) is 6.54 Å². The van der Waals surface area contributed by atoms with Crippen LogP contribution in [0.5, 0.6) is 0 Å². The molecule has 1 atom stereocenters. The van der Waals surface area contributed by atoms with E-state index in [0.29, 0.717) is 5.92 Å². The molecular weight excluding hydrogens is 192 g/mol. The van der Waals surface area contributed by atoms with Crippen LogP contribution < -0.4 is 5.73 Å². The minimum Gasteiger partial charge on any atom is -0.330 e. The van der Waals surface area contributed by atoms with Crippen LogP contribution in [0.25, 0.3) is 0 Å². The molecule has 78 valence electrons. The maximum Gasteiger partial charge on any atom is 0.0931 e. The quantitative estimate of drug-likeness (QED) is 0.829. The molecule has 1 aromatic rings. The highest BCUT2D eigenvalue weighted by Crippen LogP contribution is 2.36. The third kappa shape index (κ3) is 2.15. The minimum absolute atomic E-state index is 0.565. The van der Waals surface area contributed by atoms with E-state index in [0.717, 1.165) is 18.9 Å². The Morgan fingerprint density at radius 1 is 1.64 bits per heavy atom. The van der Waals surface area contributed by atoms with E-state index >= 15 is 0 Å². The molecule has 2 N–H and O–H groups in total. The Morgan fingerprint density at radius 3 is 3.00 bits per heavy atom. The van der Waals surface area contributed by atoms with Crippen LogP contribution in [0, 0.1) is 5.92 Å². The van der Waals surface area contributed by atoms with Crippen molar-refractivity contribution in [3.05, 3.63) is 16.1 Å². The van der Waals surface area contributed by atoms with E-state index in [1.165, 1.54) is 30.0 Å². The Labute approximate surface area is 89.5 Å². The van der Waals surface area contributed by atoms with Crippen LogP contribution in [0.15, 0.2) is 5.38 Å². The van der Waals surface area contributed by atoms with Crippen LogP contribution in [0.4, 0.5) is 0 Å². The Kier molecular flexibility index (Phi) is 3.19. The SMILES string of the molecule is CC(CN)Cc1nc(C2CCC2)cs1. The number of nitrogens with two attached hydrogens (primary N) is 1. The molecule has 1 aliphatic rings. The molecule has 1 unspecified atom stereocenters. The lowest BCUT2D eigenvalue weighted by Crippen LogP contribution is -2.13. The number of aromatic nitrogens is 1. The molecule has 1 heterocycles. The zero-order valence-corrected chi connectivity index (χ0v) is 9.52. The van der Waals surface area contributed by atoms with Gasteiger partial charge in [-0.1, -0.05) is 13.3 Å². The van der Waals surface area contributed by atoms with Crippen molar-refractivity contribution < 1.29 is 0 Å². The van der Waals surface area contributed by atoms with Crippen LogP contribution in [0.2, 0.25) is 0 Å². The fraction of sp³-hybridized carbons (Fsp3) is 0.727. The molecule has 14 heavy (non-hydrogen) atoms. The topological polar surface area (TPSA) is 38.9 Å². The lowest BCUT2D eigenvalue weighted by Gasteiger charge is -2.23. The molecule has 0 spiro atoms. The van der Waals surface area contributed by atoms with Crippen LogP contribution in [-0.2, 0) is 6.42 Å². The second kappa shape index (κ2) is 4.41. The molecule has 0 saturated heterocycles. The van der Waals surface area contributed by atoms with Crippen molar-refractivity contribution in [2.24, 2.45) is 11.7 Å². The first-order valence-electron chi connectivity index (χ1n) is 5.44. The summed E-state index contributed by atoms with van der Waals surface area (Å²) in [6.07, 6.45) is 5.12. The highest BCUT2D eigenvalue weighted by atomic mass is 32.1. The first-order chi connectivity index (χ1) is 6.79. The summed E-state index contributed by atoms with van der Waals surface area (Å²) in [6, 6.07) is 0. The van der Waals surface area contributed by atoms with E-state index in [4.69, 9.17) is 5.73 Å². The summed E-state index contributed by atoms with van der Waals surface area (Å²) in [5.41, 5.74) is 6.93. The zero-order chi connectivity index (χ0) is 9.97. The third-order valence-corrected chi connectivity index (χ3v) is 3.91. The molecule has 1 aromatic heterocycles. The molecule has 0 radical (unpaired) electrons. The smallest absolute Gasteiger partial charge is 0.0931 e. The summed E-state index contributed by atoms with van der Waals surface area (Å²) >= 11 is 1.80. The van der Waals surface area contributed by atoms with Crippen molar-refractivity contribution in [2.45, 2.75) is 38.5 Å². The standard InChI is InChI=1S/C11H18N2S/c1-8(6-12)5-11-13-10(7-14-11)9-3-2-4-9/h7-9H,2-6,12H2,1H3. The van der Waals surface area contributed by atoms with E-state index in [1.54, 1.807) is 11.3 Å². The molecule has 1 fully saturated rings. The second-order valence-corrected chi connectivity index (χ2v) is 5.28. The van der Waals surface area contributed by atoms with Gasteiger partial charge in [0.25, 0.3) is 0 Å². The van der Waals surface area contributed by atoms with Crippen molar-refractivity contribution in [3.8, 4) is 0 Å². The summed E-state index contributed by atoms with van der Waals surface area (Å²) < 4.78 is 0. The Balaban J connectivity index is 1.95. The molecule has 3 heteroatoms. The molecule has 0 bridgehead atoms. The van der Waals surface area contributed by atoms with Gasteiger partial charge in [0.2, 0.25) is 0 Å². The van der Waals surface area contributed by atoms with E-state index < -0.39 is 0 Å². The molecule has 2 nitrogen and oxygen atoms in total. The van der Waals surface area contributed by atoms with Gasteiger partial charge in [0.1, 0.15) is 0 Å². The predicted molar refractivity (Wildman–Crippen MR) is 60.6 cm³/mol. The van der Waals surface area contributed by atoms with Crippen molar-refractivity contribution >= 4 is 11.3 Å². The Bertz CT molecular complexity index is 291. The number of hydrogen-bond donors (Lipinski definition) is 1. The molecule has 0 aromatic carbocycles. The monoisotopic (exact) mass is 210 g/mol. The molecule has 1 aliphatic carbocycles. The van der Waals surface area contributed by atoms with Gasteiger partial charge in [-0.15, -0.1) is 11.3 Å². The van der Waals surface area contributed by atoms with E-state index in [9.17, 15) is 0 Å². The van der Waals surface area contributed by atoms with Crippen LogP contribution >= 0.6 is 11.3 Å². The molecule has 0 amide bonds. The summed E-state index contributed by atoms with van der Waals surface area (Å²) in [7, 11) is 0. The largest absolute Gasteiger partial charge is 0.330 e. The van der Waals surface area contributed by atoms with Crippen LogP contribution in [0.3, 0.4) is 0 Å². The predicted octanol–water partition coefficient (Wildman–Crippen LogP) is 2.55. The van der Waals surface area contributed by atoms with Gasteiger partial charge in [0, 0.05) is 17.7 Å². The zero-order valence-electron chi connectivity index (χ0n) is 8.70.